The van der Waals surface area contributed by atoms with Gasteiger partial charge in [-0.3, -0.25) is 14.5 Å². The highest BCUT2D eigenvalue weighted by Crippen LogP contribution is 2.21. The van der Waals surface area contributed by atoms with Gasteiger partial charge in [0.2, 0.25) is 5.91 Å². The number of carbonyl (C=O) groups is 2. The van der Waals surface area contributed by atoms with E-state index in [9.17, 15) is 14.0 Å². The van der Waals surface area contributed by atoms with Gasteiger partial charge in [0.25, 0.3) is 0 Å². The minimum Gasteiger partial charge on any atom is -0.481 e. The topological polar surface area (TPSA) is 60.9 Å². The van der Waals surface area contributed by atoms with Crippen LogP contribution in [0.3, 0.4) is 0 Å². The molecule has 0 aromatic heterocycles. The summed E-state index contributed by atoms with van der Waals surface area (Å²) < 4.78 is 13.0. The molecule has 1 aliphatic heterocycles. The van der Waals surface area contributed by atoms with Crippen LogP contribution >= 0.6 is 12.4 Å². The van der Waals surface area contributed by atoms with Crippen molar-refractivity contribution in [2.45, 2.75) is 25.8 Å². The Kier molecular flexibility index (Phi) is 7.63. The fourth-order valence-electron chi connectivity index (χ4n) is 2.82. The molecule has 1 aromatic carbocycles. The number of likely N-dealkylation sites (N-methyl/N-ethyl adjacent to an activating group) is 1. The van der Waals surface area contributed by atoms with Crippen LogP contribution < -0.4 is 0 Å². The standard InChI is InChI=1S/C17H23FN2O3.ClH/c1-12(13-3-5-15(18)6-4-13)19(2)16(21)11-20-9-7-14(8-10-20)17(22)23;/h3-6,12,14H,7-11H2,1-2H3,(H,22,23);1H. The van der Waals surface area contributed by atoms with Crippen molar-refractivity contribution in [1.29, 1.82) is 0 Å². The molecule has 1 atom stereocenters. The fourth-order valence-corrected chi connectivity index (χ4v) is 2.82. The summed E-state index contributed by atoms with van der Waals surface area (Å²) >= 11 is 0. The molecule has 0 spiro atoms. The quantitative estimate of drug-likeness (QED) is 0.878. The number of nitrogens with zero attached hydrogens (tertiary/aromatic N) is 2. The average Bonchev–Trinajstić information content (AvgIpc) is 2.54. The molecule has 1 aliphatic rings. The number of amides is 1. The number of likely N-dealkylation sites (tertiary alicyclic amines) is 1. The van der Waals surface area contributed by atoms with E-state index in [0.717, 1.165) is 5.56 Å². The summed E-state index contributed by atoms with van der Waals surface area (Å²) in [5.74, 6) is -1.36. The highest BCUT2D eigenvalue weighted by molar-refractivity contribution is 5.85. The SMILES string of the molecule is CC(c1ccc(F)cc1)N(C)C(=O)CN1CCC(C(=O)O)CC1.Cl. The molecule has 1 aromatic rings. The smallest absolute Gasteiger partial charge is 0.306 e. The van der Waals surface area contributed by atoms with Gasteiger partial charge < -0.3 is 10.0 Å². The summed E-state index contributed by atoms with van der Waals surface area (Å²) in [5, 5.41) is 8.99. The molecule has 134 valence electrons. The van der Waals surface area contributed by atoms with Crippen molar-refractivity contribution in [1.82, 2.24) is 9.80 Å². The van der Waals surface area contributed by atoms with Gasteiger partial charge in [0, 0.05) is 7.05 Å². The van der Waals surface area contributed by atoms with E-state index >= 15 is 0 Å². The Labute approximate surface area is 147 Å². The van der Waals surface area contributed by atoms with Crippen LogP contribution in [0.15, 0.2) is 24.3 Å². The molecule has 0 saturated carbocycles. The van der Waals surface area contributed by atoms with Crippen molar-refractivity contribution in [2.24, 2.45) is 5.92 Å². The molecule has 1 saturated heterocycles. The Morgan fingerprint density at radius 1 is 1.29 bits per heavy atom. The van der Waals surface area contributed by atoms with Gasteiger partial charge in [-0.1, -0.05) is 12.1 Å². The number of rotatable bonds is 5. The third kappa shape index (κ3) is 5.18. The summed E-state index contributed by atoms with van der Waals surface area (Å²) in [5.41, 5.74) is 0.881. The minimum absolute atomic E-state index is 0. The molecule has 0 aliphatic carbocycles. The second kappa shape index (κ2) is 8.99. The van der Waals surface area contributed by atoms with Crippen LogP contribution in [0, 0.1) is 11.7 Å². The highest BCUT2D eigenvalue weighted by atomic mass is 35.5. The molecular weight excluding hydrogens is 335 g/mol. The van der Waals surface area contributed by atoms with Gasteiger partial charge in [0.15, 0.2) is 0 Å². The number of carbonyl (C=O) groups excluding carboxylic acids is 1. The van der Waals surface area contributed by atoms with Gasteiger partial charge in [-0.2, -0.15) is 0 Å². The van der Waals surface area contributed by atoms with Crippen LogP contribution in [-0.4, -0.2) is 53.5 Å². The van der Waals surface area contributed by atoms with Crippen LogP contribution in [0.25, 0.3) is 0 Å². The van der Waals surface area contributed by atoms with E-state index in [4.69, 9.17) is 5.11 Å². The fraction of sp³-hybridized carbons (Fsp3) is 0.529. The van der Waals surface area contributed by atoms with E-state index in [2.05, 4.69) is 0 Å². The predicted octanol–water partition coefficient (Wildman–Crippen LogP) is 2.56. The van der Waals surface area contributed by atoms with E-state index in [-0.39, 0.29) is 42.6 Å². The van der Waals surface area contributed by atoms with E-state index in [1.54, 1.807) is 24.1 Å². The van der Waals surface area contributed by atoms with Gasteiger partial charge in [-0.15, -0.1) is 12.4 Å². The van der Waals surface area contributed by atoms with Crippen LogP contribution in [0.1, 0.15) is 31.4 Å². The van der Waals surface area contributed by atoms with E-state index < -0.39 is 5.97 Å². The van der Waals surface area contributed by atoms with Gasteiger partial charge in [-0.05, 0) is 50.6 Å². The maximum atomic E-state index is 13.0. The summed E-state index contributed by atoms with van der Waals surface area (Å²) in [6.07, 6.45) is 1.17. The highest BCUT2D eigenvalue weighted by Gasteiger charge is 2.27. The van der Waals surface area contributed by atoms with Crippen LogP contribution in [0.5, 0.6) is 0 Å². The zero-order chi connectivity index (χ0) is 17.0. The number of hydrogen-bond acceptors (Lipinski definition) is 3. The van der Waals surface area contributed by atoms with Gasteiger partial charge >= 0.3 is 5.97 Å². The number of carboxylic acids is 1. The number of benzene rings is 1. The molecule has 24 heavy (non-hydrogen) atoms. The maximum absolute atomic E-state index is 13.0. The minimum atomic E-state index is -0.752. The lowest BCUT2D eigenvalue weighted by atomic mass is 9.97. The summed E-state index contributed by atoms with van der Waals surface area (Å²) in [7, 11) is 1.74. The lowest BCUT2D eigenvalue weighted by molar-refractivity contribution is -0.143. The molecule has 1 amide bonds. The summed E-state index contributed by atoms with van der Waals surface area (Å²) in [6.45, 7) is 3.44. The number of halogens is 2. The van der Waals surface area contributed by atoms with Gasteiger partial charge in [-0.25, -0.2) is 4.39 Å². The lowest BCUT2D eigenvalue weighted by Crippen LogP contribution is -2.43. The van der Waals surface area contributed by atoms with Gasteiger partial charge in [0.05, 0.1) is 18.5 Å². The van der Waals surface area contributed by atoms with Crippen LogP contribution in [-0.2, 0) is 9.59 Å². The maximum Gasteiger partial charge on any atom is 0.306 e. The Bertz CT molecular complexity index is 559. The largest absolute Gasteiger partial charge is 0.481 e. The first kappa shape index (κ1) is 20.4. The van der Waals surface area contributed by atoms with Crippen molar-refractivity contribution in [3.05, 3.63) is 35.6 Å². The second-order valence-corrected chi connectivity index (χ2v) is 6.12. The third-order valence-corrected chi connectivity index (χ3v) is 4.62. The van der Waals surface area contributed by atoms with E-state index in [0.29, 0.717) is 25.9 Å². The summed E-state index contributed by atoms with van der Waals surface area (Å²) in [6, 6.07) is 6.01. The Morgan fingerprint density at radius 3 is 2.33 bits per heavy atom. The molecule has 0 bridgehead atoms. The molecule has 5 nitrogen and oxygen atoms in total. The van der Waals surface area contributed by atoms with Crippen molar-refractivity contribution >= 4 is 24.3 Å². The molecule has 2 rings (SSSR count). The van der Waals surface area contributed by atoms with Crippen LogP contribution in [0.2, 0.25) is 0 Å². The van der Waals surface area contributed by atoms with Crippen molar-refractivity contribution in [3.8, 4) is 0 Å². The number of carboxylic acid groups (broad SMARTS) is 1. The molecule has 7 heteroatoms. The molecule has 1 fully saturated rings. The second-order valence-electron chi connectivity index (χ2n) is 6.12. The first-order chi connectivity index (χ1) is 10.9. The molecule has 1 unspecified atom stereocenters. The summed E-state index contributed by atoms with van der Waals surface area (Å²) in [4.78, 5) is 27.0. The predicted molar refractivity (Wildman–Crippen MR) is 91.6 cm³/mol. The monoisotopic (exact) mass is 358 g/mol. The number of aliphatic carboxylic acids is 1. The zero-order valence-corrected chi connectivity index (χ0v) is 14.8. The lowest BCUT2D eigenvalue weighted by Gasteiger charge is -2.32. The van der Waals surface area contributed by atoms with Crippen molar-refractivity contribution in [2.75, 3.05) is 26.7 Å². The normalized spacial score (nSPS) is 17.0. The molecule has 1 heterocycles. The van der Waals surface area contributed by atoms with Crippen LogP contribution in [0.4, 0.5) is 4.39 Å². The number of hydrogen-bond donors (Lipinski definition) is 1. The Balaban J connectivity index is 0.00000288. The first-order valence-electron chi connectivity index (χ1n) is 7.84. The van der Waals surface area contributed by atoms with E-state index in [1.807, 2.05) is 11.8 Å². The van der Waals surface area contributed by atoms with Crippen molar-refractivity contribution in [3.63, 3.8) is 0 Å². The Hall–Kier alpha value is -1.66. The number of piperidine rings is 1. The third-order valence-electron chi connectivity index (χ3n) is 4.62. The molecular formula is C17H24ClFN2O3. The zero-order valence-electron chi connectivity index (χ0n) is 13.9. The Morgan fingerprint density at radius 2 is 1.83 bits per heavy atom. The molecule has 0 radical (unpaired) electrons. The van der Waals surface area contributed by atoms with Gasteiger partial charge in [0.1, 0.15) is 5.82 Å². The first-order valence-corrected chi connectivity index (χ1v) is 7.84. The average molecular weight is 359 g/mol. The molecule has 1 N–H and O–H groups in total. The van der Waals surface area contributed by atoms with E-state index in [1.165, 1.54) is 12.1 Å². The van der Waals surface area contributed by atoms with Crippen molar-refractivity contribution < 1.29 is 19.1 Å².